The largest absolute Gasteiger partial charge is 0.496 e. The van der Waals surface area contributed by atoms with Crippen molar-refractivity contribution >= 4 is 0 Å². The third-order valence-electron chi connectivity index (χ3n) is 2.86. The van der Waals surface area contributed by atoms with Crippen LogP contribution >= 0.6 is 0 Å². The highest BCUT2D eigenvalue weighted by Crippen LogP contribution is 2.38. The molecule has 0 bridgehead atoms. The van der Waals surface area contributed by atoms with Crippen LogP contribution in [0.3, 0.4) is 0 Å². The molecule has 1 aromatic rings. The number of hydrogen-bond donors (Lipinski definition) is 1. The highest BCUT2D eigenvalue weighted by molar-refractivity contribution is 5.51. The molecule has 0 heterocycles. The average Bonchev–Trinajstić information content (AvgIpc) is 2.36. The molecule has 0 aromatic heterocycles. The Hall–Kier alpha value is -1.42. The van der Waals surface area contributed by atoms with Gasteiger partial charge in [-0.25, -0.2) is 0 Å². The van der Waals surface area contributed by atoms with Gasteiger partial charge in [-0.3, -0.25) is 0 Å². The van der Waals surface area contributed by atoms with Gasteiger partial charge in [0.15, 0.2) is 11.5 Å². The van der Waals surface area contributed by atoms with Gasteiger partial charge in [0.25, 0.3) is 0 Å². The molecule has 0 saturated heterocycles. The van der Waals surface area contributed by atoms with E-state index in [9.17, 15) is 0 Å². The zero-order valence-corrected chi connectivity index (χ0v) is 11.8. The summed E-state index contributed by atoms with van der Waals surface area (Å²) in [4.78, 5) is 0. The second kappa shape index (κ2) is 6.50. The van der Waals surface area contributed by atoms with E-state index in [-0.39, 0.29) is 6.04 Å². The van der Waals surface area contributed by atoms with Crippen molar-refractivity contribution in [2.24, 2.45) is 11.7 Å². The fourth-order valence-electron chi connectivity index (χ4n) is 1.98. The van der Waals surface area contributed by atoms with Crippen LogP contribution in [0.4, 0.5) is 0 Å². The second-order valence-electron chi connectivity index (χ2n) is 4.69. The lowest BCUT2D eigenvalue weighted by molar-refractivity contribution is 0.345. The topological polar surface area (TPSA) is 53.7 Å². The Morgan fingerprint density at radius 1 is 0.944 bits per heavy atom. The summed E-state index contributed by atoms with van der Waals surface area (Å²) < 4.78 is 15.9. The van der Waals surface area contributed by atoms with E-state index in [4.69, 9.17) is 19.9 Å². The zero-order chi connectivity index (χ0) is 13.7. The minimum absolute atomic E-state index is 0.0697. The molecule has 102 valence electrons. The summed E-state index contributed by atoms with van der Waals surface area (Å²) in [5, 5.41) is 0. The Labute approximate surface area is 109 Å². The molecule has 2 N–H and O–H groups in total. The summed E-state index contributed by atoms with van der Waals surface area (Å²) in [7, 11) is 4.85. The van der Waals surface area contributed by atoms with E-state index in [0.29, 0.717) is 17.4 Å². The molecule has 18 heavy (non-hydrogen) atoms. The normalized spacial score (nSPS) is 12.4. The fourth-order valence-corrected chi connectivity index (χ4v) is 1.98. The quantitative estimate of drug-likeness (QED) is 0.847. The molecule has 0 radical (unpaired) electrons. The summed E-state index contributed by atoms with van der Waals surface area (Å²) in [5.41, 5.74) is 7.16. The highest BCUT2D eigenvalue weighted by Gasteiger charge is 2.17. The van der Waals surface area contributed by atoms with Crippen LogP contribution in [0.1, 0.15) is 31.9 Å². The van der Waals surface area contributed by atoms with Crippen molar-refractivity contribution in [1.82, 2.24) is 0 Å². The van der Waals surface area contributed by atoms with Crippen molar-refractivity contribution in [1.29, 1.82) is 0 Å². The SMILES string of the molecule is COc1cc(OC)c([C@H](N)CC(C)C)cc1OC. The first-order valence-electron chi connectivity index (χ1n) is 6.09. The standard InChI is InChI=1S/C14H23NO3/c1-9(2)6-11(15)10-7-13(17-4)14(18-5)8-12(10)16-3/h7-9,11H,6,15H2,1-5H3/t11-/m1/s1. The number of rotatable bonds is 6. The number of nitrogens with two attached hydrogens (primary N) is 1. The Bertz CT molecular complexity index is 391. The summed E-state index contributed by atoms with van der Waals surface area (Å²) in [5.74, 6) is 2.58. The molecule has 0 aliphatic rings. The molecule has 0 fully saturated rings. The lowest BCUT2D eigenvalue weighted by Gasteiger charge is -2.19. The maximum atomic E-state index is 6.21. The molecular weight excluding hydrogens is 230 g/mol. The van der Waals surface area contributed by atoms with E-state index in [1.165, 1.54) is 0 Å². The first-order valence-corrected chi connectivity index (χ1v) is 6.09. The van der Waals surface area contributed by atoms with Gasteiger partial charge >= 0.3 is 0 Å². The predicted octanol–water partition coefficient (Wildman–Crippen LogP) is 2.76. The van der Waals surface area contributed by atoms with E-state index in [2.05, 4.69) is 13.8 Å². The van der Waals surface area contributed by atoms with Crippen LogP contribution in [0.25, 0.3) is 0 Å². The van der Waals surface area contributed by atoms with E-state index in [1.54, 1.807) is 21.3 Å². The maximum Gasteiger partial charge on any atom is 0.164 e. The number of hydrogen-bond acceptors (Lipinski definition) is 4. The maximum absolute atomic E-state index is 6.21. The van der Waals surface area contributed by atoms with Gasteiger partial charge in [0.05, 0.1) is 21.3 Å². The van der Waals surface area contributed by atoms with Crippen molar-refractivity contribution in [3.05, 3.63) is 17.7 Å². The van der Waals surface area contributed by atoms with Gasteiger partial charge in [-0.1, -0.05) is 13.8 Å². The van der Waals surface area contributed by atoms with Gasteiger partial charge in [0, 0.05) is 17.7 Å². The Kier molecular flexibility index (Phi) is 5.28. The van der Waals surface area contributed by atoms with Crippen LogP contribution in [0, 0.1) is 5.92 Å². The molecule has 1 aromatic carbocycles. The van der Waals surface area contributed by atoms with Crippen LogP contribution in [0.2, 0.25) is 0 Å². The smallest absolute Gasteiger partial charge is 0.164 e. The van der Waals surface area contributed by atoms with Crippen LogP contribution < -0.4 is 19.9 Å². The fraction of sp³-hybridized carbons (Fsp3) is 0.571. The van der Waals surface area contributed by atoms with E-state index in [0.717, 1.165) is 17.7 Å². The van der Waals surface area contributed by atoms with Gasteiger partial charge in [0.2, 0.25) is 0 Å². The second-order valence-corrected chi connectivity index (χ2v) is 4.69. The van der Waals surface area contributed by atoms with Gasteiger partial charge in [-0.15, -0.1) is 0 Å². The number of methoxy groups -OCH3 is 3. The Morgan fingerprint density at radius 3 is 1.89 bits per heavy atom. The number of ether oxygens (including phenoxy) is 3. The van der Waals surface area contributed by atoms with E-state index in [1.807, 2.05) is 12.1 Å². The molecule has 0 spiro atoms. The minimum atomic E-state index is -0.0697. The lowest BCUT2D eigenvalue weighted by atomic mass is 9.96. The van der Waals surface area contributed by atoms with Crippen molar-refractivity contribution < 1.29 is 14.2 Å². The van der Waals surface area contributed by atoms with E-state index >= 15 is 0 Å². The van der Waals surface area contributed by atoms with E-state index < -0.39 is 0 Å². The van der Waals surface area contributed by atoms with Crippen molar-refractivity contribution in [3.8, 4) is 17.2 Å². The minimum Gasteiger partial charge on any atom is -0.496 e. The summed E-state index contributed by atoms with van der Waals surface area (Å²) in [6, 6.07) is 3.64. The lowest BCUT2D eigenvalue weighted by Crippen LogP contribution is -2.14. The molecule has 0 amide bonds. The predicted molar refractivity (Wildman–Crippen MR) is 72.5 cm³/mol. The van der Waals surface area contributed by atoms with Gasteiger partial charge < -0.3 is 19.9 Å². The molecule has 0 aliphatic heterocycles. The number of benzene rings is 1. The van der Waals surface area contributed by atoms with Crippen LogP contribution in [0.15, 0.2) is 12.1 Å². The highest BCUT2D eigenvalue weighted by atomic mass is 16.5. The molecule has 4 heteroatoms. The van der Waals surface area contributed by atoms with Gasteiger partial charge in [0.1, 0.15) is 5.75 Å². The molecule has 1 atom stereocenters. The Morgan fingerprint density at radius 2 is 1.44 bits per heavy atom. The zero-order valence-electron chi connectivity index (χ0n) is 11.8. The Balaban J connectivity index is 3.16. The molecular formula is C14H23NO3. The average molecular weight is 253 g/mol. The molecule has 0 saturated carbocycles. The van der Waals surface area contributed by atoms with Crippen LogP contribution in [-0.2, 0) is 0 Å². The third kappa shape index (κ3) is 3.29. The summed E-state index contributed by atoms with van der Waals surface area (Å²) in [6.07, 6.45) is 0.895. The first kappa shape index (κ1) is 14.6. The molecule has 1 rings (SSSR count). The van der Waals surface area contributed by atoms with Crippen LogP contribution in [-0.4, -0.2) is 21.3 Å². The summed E-state index contributed by atoms with van der Waals surface area (Å²) in [6.45, 7) is 4.29. The first-order chi connectivity index (χ1) is 8.53. The molecule has 0 aliphatic carbocycles. The van der Waals surface area contributed by atoms with Crippen molar-refractivity contribution in [3.63, 3.8) is 0 Å². The van der Waals surface area contributed by atoms with Gasteiger partial charge in [-0.2, -0.15) is 0 Å². The van der Waals surface area contributed by atoms with Crippen molar-refractivity contribution in [2.45, 2.75) is 26.3 Å². The van der Waals surface area contributed by atoms with Gasteiger partial charge in [-0.05, 0) is 18.4 Å². The third-order valence-corrected chi connectivity index (χ3v) is 2.86. The van der Waals surface area contributed by atoms with Crippen LogP contribution in [0.5, 0.6) is 17.2 Å². The monoisotopic (exact) mass is 253 g/mol. The molecule has 0 unspecified atom stereocenters. The summed E-state index contributed by atoms with van der Waals surface area (Å²) >= 11 is 0. The molecule has 4 nitrogen and oxygen atoms in total. The van der Waals surface area contributed by atoms with Crippen molar-refractivity contribution in [2.75, 3.05) is 21.3 Å².